The fourth-order valence-corrected chi connectivity index (χ4v) is 2.87. The summed E-state index contributed by atoms with van der Waals surface area (Å²) >= 11 is 0. The zero-order chi connectivity index (χ0) is 19.1. The molecule has 0 bridgehead atoms. The molecule has 4 nitrogen and oxygen atoms in total. The minimum absolute atomic E-state index is 0.0304. The van der Waals surface area contributed by atoms with Crippen molar-refractivity contribution in [2.24, 2.45) is 0 Å². The first kappa shape index (κ1) is 18.5. The highest BCUT2D eigenvalue weighted by molar-refractivity contribution is 5.91. The fourth-order valence-electron chi connectivity index (χ4n) is 2.87. The summed E-state index contributed by atoms with van der Waals surface area (Å²) in [5.74, 6) is 0.970. The number of aromatic hydroxyl groups is 1. The van der Waals surface area contributed by atoms with Gasteiger partial charge < -0.3 is 14.7 Å². The topological polar surface area (TPSA) is 49.8 Å². The molecule has 0 atom stereocenters. The van der Waals surface area contributed by atoms with Crippen LogP contribution < -0.4 is 9.64 Å². The van der Waals surface area contributed by atoms with Gasteiger partial charge in [0.05, 0.1) is 0 Å². The predicted octanol–water partition coefficient (Wildman–Crippen LogP) is 4.57. The maximum Gasteiger partial charge on any atom is 0.223 e. The Balaban J connectivity index is 1.62. The number of rotatable bonds is 7. The van der Waals surface area contributed by atoms with Crippen molar-refractivity contribution in [3.63, 3.8) is 0 Å². The molecule has 3 aromatic rings. The summed E-state index contributed by atoms with van der Waals surface area (Å²) in [6.45, 7) is 2.63. The van der Waals surface area contributed by atoms with E-state index in [0.29, 0.717) is 19.6 Å². The summed E-state index contributed by atoms with van der Waals surface area (Å²) in [5, 5.41) is 9.43. The van der Waals surface area contributed by atoms with E-state index in [4.69, 9.17) is 4.74 Å². The van der Waals surface area contributed by atoms with Crippen LogP contribution in [-0.4, -0.2) is 17.6 Å². The minimum atomic E-state index is -0.0304. The molecule has 0 fully saturated rings. The number of benzene rings is 3. The average molecular weight is 361 g/mol. The van der Waals surface area contributed by atoms with Gasteiger partial charge in [0.2, 0.25) is 5.91 Å². The van der Waals surface area contributed by atoms with E-state index < -0.39 is 0 Å². The van der Waals surface area contributed by atoms with Crippen molar-refractivity contribution in [2.75, 3.05) is 11.4 Å². The van der Waals surface area contributed by atoms with Crippen LogP contribution in [0.2, 0.25) is 0 Å². The van der Waals surface area contributed by atoms with Crippen LogP contribution in [0, 0.1) is 0 Å². The number of hydrogen-bond donors (Lipinski definition) is 1. The van der Waals surface area contributed by atoms with Gasteiger partial charge in [-0.2, -0.15) is 0 Å². The van der Waals surface area contributed by atoms with E-state index in [-0.39, 0.29) is 11.7 Å². The second kappa shape index (κ2) is 8.90. The smallest absolute Gasteiger partial charge is 0.223 e. The lowest BCUT2D eigenvalue weighted by molar-refractivity contribution is -0.116. The number of phenolic OH excluding ortho intramolecular Hbond substituents is 1. The monoisotopic (exact) mass is 361 g/mol. The van der Waals surface area contributed by atoms with Gasteiger partial charge in [0.1, 0.15) is 18.1 Å². The summed E-state index contributed by atoms with van der Waals surface area (Å²) in [7, 11) is 0. The van der Waals surface area contributed by atoms with E-state index in [1.54, 1.807) is 36.1 Å². The first-order chi connectivity index (χ1) is 13.1. The third kappa shape index (κ3) is 5.35. The largest absolute Gasteiger partial charge is 0.508 e. The van der Waals surface area contributed by atoms with Crippen LogP contribution >= 0.6 is 0 Å². The Morgan fingerprint density at radius 3 is 2.33 bits per heavy atom. The van der Waals surface area contributed by atoms with Gasteiger partial charge in [-0.25, -0.2) is 0 Å². The lowest BCUT2D eigenvalue weighted by Crippen LogP contribution is -2.30. The third-order valence-corrected chi connectivity index (χ3v) is 4.31. The molecular weight excluding hydrogens is 338 g/mol. The summed E-state index contributed by atoms with van der Waals surface area (Å²) < 4.78 is 5.88. The number of ether oxygens (including phenoxy) is 1. The molecule has 0 aliphatic carbocycles. The molecule has 0 saturated carbocycles. The Labute approximate surface area is 159 Å². The second-order valence-corrected chi connectivity index (χ2v) is 6.36. The maximum atomic E-state index is 12.0. The lowest BCUT2D eigenvalue weighted by atomic mass is 10.1. The van der Waals surface area contributed by atoms with Crippen LogP contribution in [-0.2, 0) is 17.8 Å². The van der Waals surface area contributed by atoms with Crippen LogP contribution in [0.25, 0.3) is 0 Å². The molecule has 0 saturated heterocycles. The molecule has 0 unspecified atom stereocenters. The van der Waals surface area contributed by atoms with E-state index in [9.17, 15) is 9.90 Å². The Morgan fingerprint density at radius 2 is 1.63 bits per heavy atom. The number of nitrogens with zero attached hydrogens (tertiary/aromatic N) is 1. The molecule has 0 aromatic heterocycles. The van der Waals surface area contributed by atoms with Gasteiger partial charge in [-0.15, -0.1) is 0 Å². The van der Waals surface area contributed by atoms with Gasteiger partial charge >= 0.3 is 0 Å². The zero-order valence-corrected chi connectivity index (χ0v) is 15.3. The maximum absolute atomic E-state index is 12.0. The Morgan fingerprint density at radius 1 is 0.926 bits per heavy atom. The molecular formula is C23H23NO3. The molecule has 0 radical (unpaired) electrons. The predicted molar refractivity (Wildman–Crippen MR) is 107 cm³/mol. The van der Waals surface area contributed by atoms with Crippen LogP contribution in [0.3, 0.4) is 0 Å². The van der Waals surface area contributed by atoms with Crippen molar-refractivity contribution in [2.45, 2.75) is 20.0 Å². The molecule has 0 spiro atoms. The summed E-state index contributed by atoms with van der Waals surface area (Å²) in [6.07, 6.45) is 0.711. The first-order valence-corrected chi connectivity index (χ1v) is 8.94. The van der Waals surface area contributed by atoms with Crippen molar-refractivity contribution in [1.29, 1.82) is 0 Å². The van der Waals surface area contributed by atoms with Gasteiger partial charge in [-0.05, 0) is 53.9 Å². The van der Waals surface area contributed by atoms with E-state index in [0.717, 1.165) is 22.6 Å². The Hall–Kier alpha value is -3.27. The van der Waals surface area contributed by atoms with Gasteiger partial charge in [0.15, 0.2) is 0 Å². The molecule has 1 N–H and O–H groups in total. The van der Waals surface area contributed by atoms with Crippen LogP contribution in [0.15, 0.2) is 78.9 Å². The van der Waals surface area contributed by atoms with Crippen molar-refractivity contribution in [3.05, 3.63) is 90.0 Å². The normalized spacial score (nSPS) is 10.4. The second-order valence-electron chi connectivity index (χ2n) is 6.36. The van der Waals surface area contributed by atoms with Crippen LogP contribution in [0.1, 0.15) is 18.1 Å². The van der Waals surface area contributed by atoms with E-state index in [1.807, 2.05) is 54.6 Å². The molecule has 1 amide bonds. The number of anilines is 1. The van der Waals surface area contributed by atoms with Gasteiger partial charge in [0, 0.05) is 19.2 Å². The highest BCUT2D eigenvalue weighted by Gasteiger charge is 2.11. The molecule has 138 valence electrons. The summed E-state index contributed by atoms with van der Waals surface area (Å²) in [6, 6.07) is 24.7. The number of phenols is 1. The van der Waals surface area contributed by atoms with Crippen molar-refractivity contribution in [3.8, 4) is 11.5 Å². The zero-order valence-electron chi connectivity index (χ0n) is 15.3. The first-order valence-electron chi connectivity index (χ1n) is 8.94. The standard InChI is InChI=1S/C23H23NO3/c1-18(25)24(21-10-12-22(26)13-11-21)15-14-19-8-5-9-23(16-19)27-17-20-6-3-2-4-7-20/h2-13,16,26H,14-15,17H2,1H3. The molecule has 0 aliphatic heterocycles. The van der Waals surface area contributed by atoms with Gasteiger partial charge in [-0.1, -0.05) is 42.5 Å². The molecule has 0 aliphatic rings. The minimum Gasteiger partial charge on any atom is -0.508 e. The summed E-state index contributed by atoms with van der Waals surface area (Å²) in [5.41, 5.74) is 3.00. The lowest BCUT2D eigenvalue weighted by Gasteiger charge is -2.21. The molecule has 4 heteroatoms. The average Bonchev–Trinajstić information content (AvgIpc) is 2.69. The molecule has 0 heterocycles. The quantitative estimate of drug-likeness (QED) is 0.671. The number of carbonyl (C=O) groups excluding carboxylic acids is 1. The van der Waals surface area contributed by atoms with Crippen LogP contribution in [0.4, 0.5) is 5.69 Å². The van der Waals surface area contributed by atoms with Crippen molar-refractivity contribution < 1.29 is 14.6 Å². The van der Waals surface area contributed by atoms with E-state index in [2.05, 4.69) is 0 Å². The number of amides is 1. The SMILES string of the molecule is CC(=O)N(CCc1cccc(OCc2ccccc2)c1)c1ccc(O)cc1. The van der Waals surface area contributed by atoms with Crippen molar-refractivity contribution in [1.82, 2.24) is 0 Å². The highest BCUT2D eigenvalue weighted by atomic mass is 16.5. The highest BCUT2D eigenvalue weighted by Crippen LogP contribution is 2.20. The Kier molecular flexibility index (Phi) is 6.10. The fraction of sp³-hybridized carbons (Fsp3) is 0.174. The van der Waals surface area contributed by atoms with Crippen molar-refractivity contribution >= 4 is 11.6 Å². The van der Waals surface area contributed by atoms with E-state index >= 15 is 0 Å². The summed E-state index contributed by atoms with van der Waals surface area (Å²) in [4.78, 5) is 13.7. The number of carbonyl (C=O) groups is 1. The molecule has 27 heavy (non-hydrogen) atoms. The molecule has 3 rings (SSSR count). The van der Waals surface area contributed by atoms with Crippen LogP contribution in [0.5, 0.6) is 11.5 Å². The Bertz CT molecular complexity index is 876. The third-order valence-electron chi connectivity index (χ3n) is 4.31. The van der Waals surface area contributed by atoms with E-state index in [1.165, 1.54) is 0 Å². The van der Waals surface area contributed by atoms with Gasteiger partial charge in [-0.3, -0.25) is 4.79 Å². The molecule has 3 aromatic carbocycles. The van der Waals surface area contributed by atoms with Gasteiger partial charge in [0.25, 0.3) is 0 Å². The number of hydrogen-bond acceptors (Lipinski definition) is 3.